The van der Waals surface area contributed by atoms with Gasteiger partial charge in [-0.25, -0.2) is 0 Å². The Morgan fingerprint density at radius 1 is 1.33 bits per heavy atom. The summed E-state index contributed by atoms with van der Waals surface area (Å²) in [7, 11) is 0. The highest BCUT2D eigenvalue weighted by molar-refractivity contribution is 7.14. The lowest BCUT2D eigenvalue weighted by atomic mass is 10.2. The Labute approximate surface area is 115 Å². The van der Waals surface area contributed by atoms with Gasteiger partial charge < -0.3 is 0 Å². The first-order valence-electron chi connectivity index (χ1n) is 6.88. The molecule has 0 N–H and O–H groups in total. The zero-order valence-electron chi connectivity index (χ0n) is 12.0. The van der Waals surface area contributed by atoms with Crippen molar-refractivity contribution in [2.75, 3.05) is 13.1 Å². The molecular weight excluding hydrogens is 242 g/mol. The number of aryl methyl sites for hydroxylation is 1. The molecule has 0 aliphatic rings. The normalized spacial score (nSPS) is 11.4. The van der Waals surface area contributed by atoms with Crippen molar-refractivity contribution in [3.8, 4) is 0 Å². The largest absolute Gasteiger partial charge is 0.293 e. The minimum atomic E-state index is 0.262. The molecule has 0 unspecified atom stereocenters. The van der Waals surface area contributed by atoms with E-state index >= 15 is 0 Å². The van der Waals surface area contributed by atoms with E-state index in [0.29, 0.717) is 12.6 Å². The van der Waals surface area contributed by atoms with E-state index in [4.69, 9.17) is 0 Å². The van der Waals surface area contributed by atoms with Crippen LogP contribution in [-0.4, -0.2) is 29.8 Å². The highest BCUT2D eigenvalue weighted by Gasteiger charge is 2.16. The third-order valence-corrected chi connectivity index (χ3v) is 4.18. The summed E-state index contributed by atoms with van der Waals surface area (Å²) in [6, 6.07) is 4.41. The number of hydrogen-bond acceptors (Lipinski definition) is 3. The average molecular weight is 267 g/mol. The average Bonchev–Trinajstić information content (AvgIpc) is 2.74. The smallest absolute Gasteiger partial charge is 0.186 e. The molecule has 0 aliphatic carbocycles. The number of nitrogens with zero attached hydrogens (tertiary/aromatic N) is 1. The summed E-state index contributed by atoms with van der Waals surface area (Å²) in [5.74, 6) is 0.262. The van der Waals surface area contributed by atoms with Gasteiger partial charge in [-0.15, -0.1) is 11.3 Å². The number of rotatable bonds is 8. The van der Waals surface area contributed by atoms with E-state index in [-0.39, 0.29) is 5.78 Å². The number of carbonyl (C=O) groups excluding carboxylic acids is 1. The number of Topliss-reactive ketones (excluding diaryl/α,β-unsaturated/α-hetero) is 1. The van der Waals surface area contributed by atoms with Crippen LogP contribution >= 0.6 is 11.3 Å². The van der Waals surface area contributed by atoms with Crippen molar-refractivity contribution in [2.45, 2.75) is 53.0 Å². The second-order valence-corrected chi connectivity index (χ2v) is 6.39. The number of carbonyl (C=O) groups is 1. The van der Waals surface area contributed by atoms with Crippen molar-refractivity contribution in [2.24, 2.45) is 0 Å². The van der Waals surface area contributed by atoms with E-state index in [1.807, 2.05) is 19.1 Å². The molecule has 1 heterocycles. The van der Waals surface area contributed by atoms with Crippen LogP contribution in [0.5, 0.6) is 0 Å². The Balaban J connectivity index is 2.52. The number of hydrogen-bond donors (Lipinski definition) is 0. The molecule has 18 heavy (non-hydrogen) atoms. The van der Waals surface area contributed by atoms with E-state index < -0.39 is 0 Å². The Morgan fingerprint density at radius 2 is 2.06 bits per heavy atom. The van der Waals surface area contributed by atoms with Crippen molar-refractivity contribution in [3.05, 3.63) is 21.9 Å². The van der Waals surface area contributed by atoms with Gasteiger partial charge in [-0.1, -0.05) is 19.8 Å². The highest BCUT2D eigenvalue weighted by Crippen LogP contribution is 2.16. The van der Waals surface area contributed by atoms with E-state index in [9.17, 15) is 4.79 Å². The maximum absolute atomic E-state index is 12.2. The Hall–Kier alpha value is -0.670. The molecular formula is C15H25NOS. The second-order valence-electron chi connectivity index (χ2n) is 5.10. The highest BCUT2D eigenvalue weighted by atomic mass is 32.1. The second kappa shape index (κ2) is 7.70. The molecule has 0 aromatic carbocycles. The van der Waals surface area contributed by atoms with Crippen LogP contribution < -0.4 is 0 Å². The van der Waals surface area contributed by atoms with E-state index in [2.05, 4.69) is 25.7 Å². The first kappa shape index (κ1) is 15.4. The minimum absolute atomic E-state index is 0.262. The molecule has 1 aromatic heterocycles. The van der Waals surface area contributed by atoms with Crippen LogP contribution in [0.1, 0.15) is 54.6 Å². The number of ketones is 1. The molecule has 0 bridgehead atoms. The van der Waals surface area contributed by atoms with Crippen molar-refractivity contribution in [1.29, 1.82) is 0 Å². The lowest BCUT2D eigenvalue weighted by Gasteiger charge is -2.25. The molecule has 0 saturated carbocycles. The molecule has 0 atom stereocenters. The summed E-state index contributed by atoms with van der Waals surface area (Å²) in [6.45, 7) is 10.2. The molecule has 0 amide bonds. The summed E-state index contributed by atoms with van der Waals surface area (Å²) < 4.78 is 0. The lowest BCUT2D eigenvalue weighted by molar-refractivity contribution is 0.0908. The summed E-state index contributed by atoms with van der Waals surface area (Å²) in [5, 5.41) is 0. The van der Waals surface area contributed by atoms with Crippen molar-refractivity contribution < 1.29 is 4.79 Å². The minimum Gasteiger partial charge on any atom is -0.293 e. The maximum Gasteiger partial charge on any atom is 0.186 e. The molecule has 1 aromatic rings. The van der Waals surface area contributed by atoms with Crippen LogP contribution in [-0.2, 0) is 0 Å². The van der Waals surface area contributed by atoms with Gasteiger partial charge in [-0.3, -0.25) is 9.69 Å². The van der Waals surface area contributed by atoms with Crippen LogP contribution in [0.4, 0.5) is 0 Å². The summed E-state index contributed by atoms with van der Waals surface area (Å²) in [4.78, 5) is 16.6. The quantitative estimate of drug-likeness (QED) is 0.521. The van der Waals surface area contributed by atoms with Crippen molar-refractivity contribution in [3.63, 3.8) is 0 Å². The maximum atomic E-state index is 12.2. The van der Waals surface area contributed by atoms with Gasteiger partial charge in [0.25, 0.3) is 0 Å². The summed E-state index contributed by atoms with van der Waals surface area (Å²) in [5.41, 5.74) is 0. The van der Waals surface area contributed by atoms with Gasteiger partial charge in [-0.2, -0.15) is 0 Å². The van der Waals surface area contributed by atoms with Crippen LogP contribution in [0.3, 0.4) is 0 Å². The molecule has 0 spiro atoms. The molecule has 3 heteroatoms. The molecule has 0 radical (unpaired) electrons. The third-order valence-electron chi connectivity index (χ3n) is 3.14. The van der Waals surface area contributed by atoms with Gasteiger partial charge in [0.15, 0.2) is 5.78 Å². The number of thiophene rings is 1. The van der Waals surface area contributed by atoms with Crippen molar-refractivity contribution in [1.82, 2.24) is 4.90 Å². The Bertz CT molecular complexity index is 370. The summed E-state index contributed by atoms with van der Waals surface area (Å²) >= 11 is 1.60. The van der Waals surface area contributed by atoms with Gasteiger partial charge in [0, 0.05) is 10.9 Å². The fourth-order valence-electron chi connectivity index (χ4n) is 1.93. The zero-order valence-corrected chi connectivity index (χ0v) is 12.8. The summed E-state index contributed by atoms with van der Waals surface area (Å²) in [6.07, 6.45) is 3.66. The first-order valence-corrected chi connectivity index (χ1v) is 7.70. The molecule has 2 nitrogen and oxygen atoms in total. The first-order chi connectivity index (χ1) is 8.54. The van der Waals surface area contributed by atoms with E-state index in [0.717, 1.165) is 11.4 Å². The fourth-order valence-corrected chi connectivity index (χ4v) is 2.73. The van der Waals surface area contributed by atoms with Crippen molar-refractivity contribution >= 4 is 17.1 Å². The topological polar surface area (TPSA) is 20.3 Å². The predicted molar refractivity (Wildman–Crippen MR) is 79.6 cm³/mol. The Kier molecular flexibility index (Phi) is 6.58. The van der Waals surface area contributed by atoms with Gasteiger partial charge in [0.2, 0.25) is 0 Å². The zero-order chi connectivity index (χ0) is 13.5. The molecule has 102 valence electrons. The molecule has 0 aliphatic heterocycles. The van der Waals surface area contributed by atoms with Crippen LogP contribution in [0.2, 0.25) is 0 Å². The molecule has 0 saturated heterocycles. The van der Waals surface area contributed by atoms with Gasteiger partial charge in [-0.05, 0) is 45.9 Å². The van der Waals surface area contributed by atoms with E-state index in [1.54, 1.807) is 11.3 Å². The fraction of sp³-hybridized carbons (Fsp3) is 0.667. The van der Waals surface area contributed by atoms with E-state index in [1.165, 1.54) is 24.1 Å². The predicted octanol–water partition coefficient (Wildman–Crippen LogP) is 4.14. The third kappa shape index (κ3) is 4.91. The SMILES string of the molecule is CCCCCN(CC(=O)c1ccc(C)s1)C(C)C. The monoisotopic (exact) mass is 267 g/mol. The Morgan fingerprint density at radius 3 is 2.56 bits per heavy atom. The number of unbranched alkanes of at least 4 members (excludes halogenated alkanes) is 2. The molecule has 0 fully saturated rings. The molecule has 1 rings (SSSR count). The van der Waals surface area contributed by atoms with Gasteiger partial charge in [0.1, 0.15) is 0 Å². The standard InChI is InChI=1S/C15H25NOS/c1-5-6-7-10-16(12(2)3)11-14(17)15-9-8-13(4)18-15/h8-9,12H,5-7,10-11H2,1-4H3. The van der Waals surface area contributed by atoms with Crippen LogP contribution in [0.15, 0.2) is 12.1 Å². The van der Waals surface area contributed by atoms with Crippen LogP contribution in [0.25, 0.3) is 0 Å². The van der Waals surface area contributed by atoms with Gasteiger partial charge >= 0.3 is 0 Å². The lowest BCUT2D eigenvalue weighted by Crippen LogP contribution is -2.36. The van der Waals surface area contributed by atoms with Crippen LogP contribution in [0, 0.1) is 6.92 Å². The van der Waals surface area contributed by atoms with Gasteiger partial charge in [0.05, 0.1) is 11.4 Å².